The summed E-state index contributed by atoms with van der Waals surface area (Å²) >= 11 is 0. The van der Waals surface area contributed by atoms with Crippen molar-refractivity contribution in [2.24, 2.45) is 0 Å². The van der Waals surface area contributed by atoms with Crippen LogP contribution in [0.5, 0.6) is 0 Å². The first-order chi connectivity index (χ1) is 11.8. The predicted octanol–water partition coefficient (Wildman–Crippen LogP) is 2.39. The zero-order chi connectivity index (χ0) is 18.2. The third-order valence-corrected chi connectivity index (χ3v) is 5.89. The van der Waals surface area contributed by atoms with Gasteiger partial charge in [-0.2, -0.15) is 0 Å². The number of aromatic nitrogens is 2. The monoisotopic (exact) mass is 359 g/mol. The lowest BCUT2D eigenvalue weighted by Crippen LogP contribution is -2.22. The third-order valence-electron chi connectivity index (χ3n) is 4.08. The van der Waals surface area contributed by atoms with Crippen LogP contribution in [0.25, 0.3) is 11.0 Å². The van der Waals surface area contributed by atoms with Gasteiger partial charge in [0.1, 0.15) is 11.9 Å². The standard InChI is InChI=1S/C18H21N3O3S/c1-13(22)18-19-16-9-4-5-10-17(16)21(18)12-14-7-6-8-15(11-14)25(23,24)20(2)3/h4-11,13,22H,12H2,1-3H3. The Balaban J connectivity index is 2.07. The Morgan fingerprint density at radius 1 is 1.16 bits per heavy atom. The molecule has 1 atom stereocenters. The van der Waals surface area contributed by atoms with Gasteiger partial charge >= 0.3 is 0 Å². The summed E-state index contributed by atoms with van der Waals surface area (Å²) in [7, 11) is -0.467. The number of hydrogen-bond acceptors (Lipinski definition) is 4. The fourth-order valence-corrected chi connectivity index (χ4v) is 3.75. The van der Waals surface area contributed by atoms with Crippen LogP contribution in [0.2, 0.25) is 0 Å². The molecule has 1 unspecified atom stereocenters. The number of para-hydroxylation sites is 2. The molecule has 3 aromatic rings. The zero-order valence-electron chi connectivity index (χ0n) is 14.4. The highest BCUT2D eigenvalue weighted by Gasteiger charge is 2.19. The van der Waals surface area contributed by atoms with Crippen LogP contribution >= 0.6 is 0 Å². The lowest BCUT2D eigenvalue weighted by Gasteiger charge is -2.14. The van der Waals surface area contributed by atoms with Gasteiger partial charge in [0.2, 0.25) is 10.0 Å². The maximum absolute atomic E-state index is 12.3. The minimum Gasteiger partial charge on any atom is -0.385 e. The number of fused-ring (bicyclic) bond motifs is 1. The van der Waals surface area contributed by atoms with E-state index in [1.165, 1.54) is 18.4 Å². The molecule has 0 aliphatic rings. The number of hydrogen-bond donors (Lipinski definition) is 1. The van der Waals surface area contributed by atoms with Gasteiger partial charge in [-0.05, 0) is 36.8 Å². The summed E-state index contributed by atoms with van der Waals surface area (Å²) in [6.07, 6.45) is -0.721. The smallest absolute Gasteiger partial charge is 0.242 e. The van der Waals surface area contributed by atoms with Gasteiger partial charge in [-0.25, -0.2) is 17.7 Å². The Morgan fingerprint density at radius 2 is 1.88 bits per heavy atom. The molecule has 0 fully saturated rings. The van der Waals surface area contributed by atoms with Crippen molar-refractivity contribution in [1.29, 1.82) is 0 Å². The minimum atomic E-state index is -3.49. The number of imidazole rings is 1. The molecule has 1 N–H and O–H groups in total. The first kappa shape index (κ1) is 17.6. The Kier molecular flexibility index (Phi) is 4.64. The second-order valence-corrected chi connectivity index (χ2v) is 8.31. The van der Waals surface area contributed by atoms with E-state index in [9.17, 15) is 13.5 Å². The molecular weight excluding hydrogens is 338 g/mol. The minimum absolute atomic E-state index is 0.248. The molecule has 0 aliphatic heterocycles. The van der Waals surface area contributed by atoms with Crippen molar-refractivity contribution in [2.75, 3.05) is 14.1 Å². The summed E-state index contributed by atoms with van der Waals surface area (Å²) in [6, 6.07) is 14.5. The van der Waals surface area contributed by atoms with Crippen molar-refractivity contribution in [1.82, 2.24) is 13.9 Å². The van der Waals surface area contributed by atoms with Gasteiger partial charge in [0, 0.05) is 20.6 Å². The average Bonchev–Trinajstić information content (AvgIpc) is 2.94. The van der Waals surface area contributed by atoms with Crippen LogP contribution in [0, 0.1) is 0 Å². The van der Waals surface area contributed by atoms with Crippen molar-refractivity contribution >= 4 is 21.1 Å². The first-order valence-electron chi connectivity index (χ1n) is 7.95. The summed E-state index contributed by atoms with van der Waals surface area (Å²) in [5.41, 5.74) is 2.53. The molecule has 132 valence electrons. The SMILES string of the molecule is CC(O)c1nc2ccccc2n1Cc1cccc(S(=O)(=O)N(C)C)c1. The summed E-state index contributed by atoms with van der Waals surface area (Å²) in [5.74, 6) is 0.557. The second kappa shape index (κ2) is 6.59. The summed E-state index contributed by atoms with van der Waals surface area (Å²) in [6.45, 7) is 2.10. The molecule has 0 spiro atoms. The van der Waals surface area contributed by atoms with E-state index in [1.807, 2.05) is 34.9 Å². The van der Waals surface area contributed by atoms with Gasteiger partial charge in [0.25, 0.3) is 0 Å². The molecule has 0 saturated heterocycles. The molecule has 0 radical (unpaired) electrons. The van der Waals surface area contributed by atoms with Crippen molar-refractivity contribution in [3.05, 3.63) is 59.9 Å². The molecule has 0 aliphatic carbocycles. The van der Waals surface area contributed by atoms with E-state index in [1.54, 1.807) is 25.1 Å². The zero-order valence-corrected chi connectivity index (χ0v) is 15.2. The number of nitrogens with zero attached hydrogens (tertiary/aromatic N) is 3. The fraction of sp³-hybridized carbons (Fsp3) is 0.278. The van der Waals surface area contributed by atoms with E-state index in [0.717, 1.165) is 16.6 Å². The fourth-order valence-electron chi connectivity index (χ4n) is 2.78. The molecule has 0 bridgehead atoms. The van der Waals surface area contributed by atoms with Crippen molar-refractivity contribution in [3.8, 4) is 0 Å². The van der Waals surface area contributed by atoms with Gasteiger partial charge in [0.05, 0.1) is 15.9 Å². The highest BCUT2D eigenvalue weighted by Crippen LogP contribution is 2.23. The lowest BCUT2D eigenvalue weighted by atomic mass is 10.2. The van der Waals surface area contributed by atoms with Crippen molar-refractivity contribution in [2.45, 2.75) is 24.5 Å². The van der Waals surface area contributed by atoms with Gasteiger partial charge in [-0.3, -0.25) is 0 Å². The van der Waals surface area contributed by atoms with E-state index in [0.29, 0.717) is 12.4 Å². The van der Waals surface area contributed by atoms with Crippen LogP contribution in [-0.2, 0) is 16.6 Å². The van der Waals surface area contributed by atoms with Gasteiger partial charge < -0.3 is 9.67 Å². The number of rotatable bonds is 5. The van der Waals surface area contributed by atoms with Crippen LogP contribution in [-0.4, -0.2) is 41.5 Å². The van der Waals surface area contributed by atoms with Crippen LogP contribution in [0.4, 0.5) is 0 Å². The topological polar surface area (TPSA) is 75.4 Å². The molecule has 0 saturated carbocycles. The van der Waals surface area contributed by atoms with E-state index in [2.05, 4.69) is 4.98 Å². The highest BCUT2D eigenvalue weighted by molar-refractivity contribution is 7.89. The molecule has 25 heavy (non-hydrogen) atoms. The van der Waals surface area contributed by atoms with Gasteiger partial charge in [-0.1, -0.05) is 24.3 Å². The molecule has 0 amide bonds. The number of aliphatic hydroxyl groups excluding tert-OH is 1. The quantitative estimate of drug-likeness (QED) is 0.759. The molecule has 3 rings (SSSR count). The van der Waals surface area contributed by atoms with E-state index in [4.69, 9.17) is 0 Å². The number of aliphatic hydroxyl groups is 1. The van der Waals surface area contributed by atoms with Crippen LogP contribution < -0.4 is 0 Å². The van der Waals surface area contributed by atoms with Crippen LogP contribution in [0.3, 0.4) is 0 Å². The molecule has 2 aromatic carbocycles. The van der Waals surface area contributed by atoms with E-state index >= 15 is 0 Å². The normalized spacial score (nSPS) is 13.5. The Labute approximate surface area is 147 Å². The average molecular weight is 359 g/mol. The Morgan fingerprint density at radius 3 is 2.56 bits per heavy atom. The second-order valence-electron chi connectivity index (χ2n) is 6.16. The molecule has 6 nitrogen and oxygen atoms in total. The summed E-state index contributed by atoms with van der Waals surface area (Å²) < 4.78 is 27.8. The highest BCUT2D eigenvalue weighted by atomic mass is 32.2. The molecule has 1 heterocycles. The molecule has 7 heteroatoms. The maximum Gasteiger partial charge on any atom is 0.242 e. The Hall–Kier alpha value is -2.22. The van der Waals surface area contributed by atoms with Crippen LogP contribution in [0.15, 0.2) is 53.4 Å². The van der Waals surface area contributed by atoms with Gasteiger partial charge in [-0.15, -0.1) is 0 Å². The third kappa shape index (κ3) is 3.30. The van der Waals surface area contributed by atoms with Crippen molar-refractivity contribution < 1.29 is 13.5 Å². The van der Waals surface area contributed by atoms with E-state index < -0.39 is 16.1 Å². The van der Waals surface area contributed by atoms with Gasteiger partial charge in [0.15, 0.2) is 0 Å². The first-order valence-corrected chi connectivity index (χ1v) is 9.39. The number of benzene rings is 2. The van der Waals surface area contributed by atoms with Crippen molar-refractivity contribution in [3.63, 3.8) is 0 Å². The summed E-state index contributed by atoms with van der Waals surface area (Å²) in [4.78, 5) is 4.74. The molecule has 1 aromatic heterocycles. The Bertz CT molecular complexity index is 1010. The van der Waals surface area contributed by atoms with Crippen LogP contribution in [0.1, 0.15) is 24.4 Å². The maximum atomic E-state index is 12.3. The largest absolute Gasteiger partial charge is 0.385 e. The molecular formula is C18H21N3O3S. The summed E-state index contributed by atoms with van der Waals surface area (Å²) in [5, 5.41) is 10.1. The number of sulfonamides is 1. The predicted molar refractivity (Wildman–Crippen MR) is 96.8 cm³/mol. The lowest BCUT2D eigenvalue weighted by molar-refractivity contribution is 0.185. The van der Waals surface area contributed by atoms with E-state index in [-0.39, 0.29) is 4.90 Å².